The average Bonchev–Trinajstić information content (AvgIpc) is 2.13. The van der Waals surface area contributed by atoms with Crippen LogP contribution in [0.4, 0.5) is 0 Å². The molecular formula is C11H22O3. The summed E-state index contributed by atoms with van der Waals surface area (Å²) in [6.07, 6.45) is 1.21. The van der Waals surface area contributed by atoms with E-state index in [0.717, 1.165) is 6.42 Å². The number of carbonyl (C=O) groups is 1. The molecule has 0 aromatic carbocycles. The smallest absolute Gasteiger partial charge is 0.305 e. The minimum Gasteiger partial charge on any atom is -0.469 e. The summed E-state index contributed by atoms with van der Waals surface area (Å²) in [5.41, 5.74) is -0.281. The summed E-state index contributed by atoms with van der Waals surface area (Å²) in [5, 5.41) is 0. The van der Waals surface area contributed by atoms with Gasteiger partial charge in [0.05, 0.1) is 12.7 Å². The van der Waals surface area contributed by atoms with E-state index in [1.54, 1.807) is 7.11 Å². The lowest BCUT2D eigenvalue weighted by atomic mass is 9.74. The summed E-state index contributed by atoms with van der Waals surface area (Å²) in [6.45, 7) is 8.26. The van der Waals surface area contributed by atoms with Gasteiger partial charge in [-0.3, -0.25) is 4.79 Å². The fraction of sp³-hybridized carbons (Fsp3) is 0.909. The van der Waals surface area contributed by atoms with Crippen LogP contribution < -0.4 is 0 Å². The molecule has 0 bridgehead atoms. The maximum absolute atomic E-state index is 11.0. The van der Waals surface area contributed by atoms with Gasteiger partial charge < -0.3 is 9.47 Å². The zero-order chi connectivity index (χ0) is 11.4. The van der Waals surface area contributed by atoms with Crippen LogP contribution in [0.25, 0.3) is 0 Å². The summed E-state index contributed by atoms with van der Waals surface area (Å²) in [5.74, 6) is -0.162. The largest absolute Gasteiger partial charge is 0.469 e. The molecular weight excluding hydrogens is 180 g/mol. The maximum atomic E-state index is 11.0. The van der Waals surface area contributed by atoms with Crippen molar-refractivity contribution in [1.82, 2.24) is 0 Å². The van der Waals surface area contributed by atoms with Gasteiger partial charge in [0.1, 0.15) is 0 Å². The number of methoxy groups -OCH3 is 2. The maximum Gasteiger partial charge on any atom is 0.305 e. The lowest BCUT2D eigenvalue weighted by Gasteiger charge is -2.40. The molecule has 0 unspecified atom stereocenters. The molecule has 0 aliphatic carbocycles. The SMILES string of the molecule is COC(=O)CCC(C)(C)C(C)(C)OC. The van der Waals surface area contributed by atoms with E-state index in [2.05, 4.69) is 18.6 Å². The van der Waals surface area contributed by atoms with Crippen LogP contribution in [0.15, 0.2) is 0 Å². The van der Waals surface area contributed by atoms with Crippen LogP contribution in [0.2, 0.25) is 0 Å². The van der Waals surface area contributed by atoms with E-state index in [1.165, 1.54) is 7.11 Å². The molecule has 0 amide bonds. The molecule has 0 rings (SSSR count). The number of hydrogen-bond donors (Lipinski definition) is 0. The van der Waals surface area contributed by atoms with E-state index >= 15 is 0 Å². The third kappa shape index (κ3) is 3.29. The van der Waals surface area contributed by atoms with Crippen LogP contribution in [0.1, 0.15) is 40.5 Å². The predicted octanol–water partition coefficient (Wildman–Crippen LogP) is 2.39. The minimum atomic E-state index is -0.235. The van der Waals surface area contributed by atoms with Crippen molar-refractivity contribution in [3.8, 4) is 0 Å². The summed E-state index contributed by atoms with van der Waals surface area (Å²) < 4.78 is 10.0. The first-order chi connectivity index (χ1) is 6.27. The first-order valence-electron chi connectivity index (χ1n) is 4.89. The first kappa shape index (κ1) is 13.4. The Balaban J connectivity index is 4.27. The van der Waals surface area contributed by atoms with Crippen molar-refractivity contribution < 1.29 is 14.3 Å². The number of esters is 1. The Hall–Kier alpha value is -0.570. The Morgan fingerprint density at radius 2 is 1.64 bits per heavy atom. The van der Waals surface area contributed by atoms with Crippen LogP contribution >= 0.6 is 0 Å². The normalized spacial score (nSPS) is 12.7. The highest BCUT2D eigenvalue weighted by Gasteiger charge is 2.37. The van der Waals surface area contributed by atoms with Gasteiger partial charge in [-0.15, -0.1) is 0 Å². The third-order valence-electron chi connectivity index (χ3n) is 3.32. The van der Waals surface area contributed by atoms with Crippen molar-refractivity contribution >= 4 is 5.97 Å². The monoisotopic (exact) mass is 202 g/mol. The number of hydrogen-bond acceptors (Lipinski definition) is 3. The molecule has 0 aromatic heterocycles. The van der Waals surface area contributed by atoms with Crippen molar-refractivity contribution in [3.05, 3.63) is 0 Å². The molecule has 0 aliphatic rings. The van der Waals surface area contributed by atoms with E-state index in [9.17, 15) is 4.79 Å². The molecule has 3 heteroatoms. The highest BCUT2D eigenvalue weighted by atomic mass is 16.5. The second-order valence-electron chi connectivity index (χ2n) is 4.67. The van der Waals surface area contributed by atoms with E-state index < -0.39 is 0 Å². The zero-order valence-electron chi connectivity index (χ0n) is 10.1. The molecule has 0 atom stereocenters. The molecule has 0 saturated carbocycles. The Morgan fingerprint density at radius 1 is 1.14 bits per heavy atom. The van der Waals surface area contributed by atoms with Crippen LogP contribution in [0.3, 0.4) is 0 Å². The molecule has 0 fully saturated rings. The molecule has 14 heavy (non-hydrogen) atoms. The van der Waals surface area contributed by atoms with Gasteiger partial charge in [-0.05, 0) is 25.7 Å². The summed E-state index contributed by atoms with van der Waals surface area (Å²) in [6, 6.07) is 0. The zero-order valence-corrected chi connectivity index (χ0v) is 10.1. The number of carbonyl (C=O) groups excluding carboxylic acids is 1. The van der Waals surface area contributed by atoms with Crippen LogP contribution in [-0.2, 0) is 14.3 Å². The first-order valence-corrected chi connectivity index (χ1v) is 4.89. The quantitative estimate of drug-likeness (QED) is 0.642. The van der Waals surface area contributed by atoms with Gasteiger partial charge in [-0.2, -0.15) is 0 Å². The summed E-state index contributed by atoms with van der Waals surface area (Å²) >= 11 is 0. The fourth-order valence-corrected chi connectivity index (χ4v) is 1.09. The van der Waals surface area contributed by atoms with Gasteiger partial charge in [-0.1, -0.05) is 13.8 Å². The second kappa shape index (κ2) is 4.78. The predicted molar refractivity (Wildman–Crippen MR) is 56.1 cm³/mol. The molecule has 0 N–H and O–H groups in total. The van der Waals surface area contributed by atoms with Crippen LogP contribution in [0, 0.1) is 5.41 Å². The second-order valence-corrected chi connectivity index (χ2v) is 4.67. The molecule has 0 radical (unpaired) electrons. The lowest BCUT2D eigenvalue weighted by Crippen LogP contribution is -2.41. The van der Waals surface area contributed by atoms with E-state index in [4.69, 9.17) is 4.74 Å². The highest BCUT2D eigenvalue weighted by molar-refractivity contribution is 5.69. The number of ether oxygens (including phenoxy) is 2. The standard InChI is InChI=1S/C11H22O3/c1-10(2,11(3,4)14-6)8-7-9(12)13-5/h7-8H2,1-6H3. The van der Waals surface area contributed by atoms with Crippen molar-refractivity contribution in [1.29, 1.82) is 0 Å². The number of rotatable bonds is 5. The van der Waals surface area contributed by atoms with Gasteiger partial charge in [0.15, 0.2) is 0 Å². The Bertz CT molecular complexity index is 195. The van der Waals surface area contributed by atoms with Gasteiger partial charge in [0.25, 0.3) is 0 Å². The highest BCUT2D eigenvalue weighted by Crippen LogP contribution is 2.37. The summed E-state index contributed by atoms with van der Waals surface area (Å²) in [4.78, 5) is 11.0. The van der Waals surface area contributed by atoms with Gasteiger partial charge in [0, 0.05) is 13.5 Å². The fourth-order valence-electron chi connectivity index (χ4n) is 1.09. The average molecular weight is 202 g/mol. The van der Waals surface area contributed by atoms with E-state index in [0.29, 0.717) is 6.42 Å². The molecule has 0 heterocycles. The molecule has 84 valence electrons. The topological polar surface area (TPSA) is 35.5 Å². The minimum absolute atomic E-state index is 0.0457. The van der Waals surface area contributed by atoms with Crippen LogP contribution in [-0.4, -0.2) is 25.8 Å². The summed E-state index contributed by atoms with van der Waals surface area (Å²) in [7, 11) is 3.11. The molecule has 0 aliphatic heterocycles. The van der Waals surface area contributed by atoms with Crippen molar-refractivity contribution in [2.24, 2.45) is 5.41 Å². The van der Waals surface area contributed by atoms with Crippen molar-refractivity contribution in [2.45, 2.75) is 46.1 Å². The Kier molecular flexibility index (Phi) is 4.59. The van der Waals surface area contributed by atoms with Gasteiger partial charge in [0.2, 0.25) is 0 Å². The molecule has 3 nitrogen and oxygen atoms in total. The molecule has 0 spiro atoms. The van der Waals surface area contributed by atoms with Gasteiger partial charge in [-0.25, -0.2) is 0 Å². The van der Waals surface area contributed by atoms with Gasteiger partial charge >= 0.3 is 5.97 Å². The molecule has 0 saturated heterocycles. The molecule has 0 aromatic rings. The van der Waals surface area contributed by atoms with E-state index in [-0.39, 0.29) is 17.0 Å². The Morgan fingerprint density at radius 3 is 2.00 bits per heavy atom. The van der Waals surface area contributed by atoms with Crippen LogP contribution in [0.5, 0.6) is 0 Å². The Labute approximate surface area is 86.8 Å². The lowest BCUT2D eigenvalue weighted by molar-refractivity contribution is -0.142. The van der Waals surface area contributed by atoms with E-state index in [1.807, 2.05) is 13.8 Å². The third-order valence-corrected chi connectivity index (χ3v) is 3.32. The van der Waals surface area contributed by atoms with Crippen molar-refractivity contribution in [2.75, 3.05) is 14.2 Å². The van der Waals surface area contributed by atoms with Crippen molar-refractivity contribution in [3.63, 3.8) is 0 Å².